The standard InChI is InChI=1S/C11H12ClN3O2/c1-2-17-10(16)7-15-9(6-12)14-8-4-3-5-13-11(8)15/h3-5H,2,6-7H2,1H3. The second kappa shape index (κ2) is 5.14. The number of hydrogen-bond donors (Lipinski definition) is 0. The first kappa shape index (κ1) is 11.9. The number of carbonyl (C=O) groups excluding carboxylic acids is 1. The summed E-state index contributed by atoms with van der Waals surface area (Å²) >= 11 is 5.80. The summed E-state index contributed by atoms with van der Waals surface area (Å²) in [6.45, 7) is 2.21. The second-order valence-electron chi connectivity index (χ2n) is 3.40. The maximum Gasteiger partial charge on any atom is 0.326 e. The van der Waals surface area contributed by atoms with Crippen LogP contribution in [0.3, 0.4) is 0 Å². The van der Waals surface area contributed by atoms with Crippen LogP contribution < -0.4 is 0 Å². The molecular weight excluding hydrogens is 242 g/mol. The van der Waals surface area contributed by atoms with Crippen molar-refractivity contribution in [3.63, 3.8) is 0 Å². The van der Waals surface area contributed by atoms with Crippen molar-refractivity contribution < 1.29 is 9.53 Å². The molecule has 0 unspecified atom stereocenters. The molecule has 0 aliphatic carbocycles. The van der Waals surface area contributed by atoms with Crippen LogP contribution in [0.25, 0.3) is 11.2 Å². The Bertz CT molecular complexity index is 538. The zero-order valence-electron chi connectivity index (χ0n) is 9.39. The molecular formula is C11H12ClN3O2. The van der Waals surface area contributed by atoms with E-state index in [9.17, 15) is 4.79 Å². The molecule has 5 nitrogen and oxygen atoms in total. The van der Waals surface area contributed by atoms with Crippen molar-refractivity contribution in [2.75, 3.05) is 6.61 Å². The van der Waals surface area contributed by atoms with Crippen LogP contribution in [-0.2, 0) is 22.0 Å². The summed E-state index contributed by atoms with van der Waals surface area (Å²) in [5.74, 6) is 0.535. The van der Waals surface area contributed by atoms with Gasteiger partial charge in [-0.25, -0.2) is 9.97 Å². The van der Waals surface area contributed by atoms with Gasteiger partial charge in [-0.3, -0.25) is 4.79 Å². The first-order valence-corrected chi connectivity index (χ1v) is 5.81. The minimum Gasteiger partial charge on any atom is -0.465 e. The van der Waals surface area contributed by atoms with Gasteiger partial charge in [-0.1, -0.05) is 0 Å². The van der Waals surface area contributed by atoms with Crippen molar-refractivity contribution in [1.82, 2.24) is 14.5 Å². The molecule has 0 amide bonds. The summed E-state index contributed by atoms with van der Waals surface area (Å²) in [6, 6.07) is 3.63. The number of rotatable bonds is 4. The van der Waals surface area contributed by atoms with E-state index in [0.29, 0.717) is 18.1 Å². The molecule has 90 valence electrons. The van der Waals surface area contributed by atoms with Gasteiger partial charge in [0, 0.05) is 6.20 Å². The Morgan fingerprint density at radius 3 is 3.12 bits per heavy atom. The van der Waals surface area contributed by atoms with E-state index < -0.39 is 0 Å². The Morgan fingerprint density at radius 1 is 1.59 bits per heavy atom. The number of aromatic nitrogens is 3. The molecule has 0 fully saturated rings. The first-order chi connectivity index (χ1) is 8.26. The maximum absolute atomic E-state index is 11.5. The number of hydrogen-bond acceptors (Lipinski definition) is 4. The van der Waals surface area contributed by atoms with Crippen LogP contribution in [0.5, 0.6) is 0 Å². The highest BCUT2D eigenvalue weighted by Gasteiger charge is 2.14. The van der Waals surface area contributed by atoms with E-state index in [1.54, 1.807) is 23.8 Å². The predicted octanol–water partition coefficient (Wildman–Crippen LogP) is 1.73. The zero-order chi connectivity index (χ0) is 12.3. The summed E-state index contributed by atoms with van der Waals surface area (Å²) in [6.07, 6.45) is 1.66. The molecule has 0 aliphatic heterocycles. The smallest absolute Gasteiger partial charge is 0.326 e. The van der Waals surface area contributed by atoms with Crippen molar-refractivity contribution in [1.29, 1.82) is 0 Å². The molecule has 0 bridgehead atoms. The summed E-state index contributed by atoms with van der Waals surface area (Å²) in [5, 5.41) is 0. The van der Waals surface area contributed by atoms with Gasteiger partial charge < -0.3 is 9.30 Å². The SMILES string of the molecule is CCOC(=O)Cn1c(CCl)nc2cccnc21. The summed E-state index contributed by atoms with van der Waals surface area (Å²) in [7, 11) is 0. The highest BCUT2D eigenvalue weighted by Crippen LogP contribution is 2.15. The number of ether oxygens (including phenoxy) is 1. The average Bonchev–Trinajstić information content (AvgIpc) is 2.68. The molecule has 0 aliphatic rings. The van der Waals surface area contributed by atoms with E-state index in [2.05, 4.69) is 9.97 Å². The van der Waals surface area contributed by atoms with E-state index in [-0.39, 0.29) is 18.4 Å². The largest absolute Gasteiger partial charge is 0.465 e. The zero-order valence-corrected chi connectivity index (χ0v) is 10.1. The van der Waals surface area contributed by atoms with Crippen LogP contribution >= 0.6 is 11.6 Å². The van der Waals surface area contributed by atoms with Gasteiger partial charge in [0.05, 0.1) is 12.5 Å². The Labute approximate surface area is 103 Å². The predicted molar refractivity (Wildman–Crippen MR) is 63.7 cm³/mol. The molecule has 0 spiro atoms. The van der Waals surface area contributed by atoms with Crippen LogP contribution in [0.4, 0.5) is 0 Å². The molecule has 17 heavy (non-hydrogen) atoms. The number of carbonyl (C=O) groups is 1. The van der Waals surface area contributed by atoms with Crippen LogP contribution in [0.15, 0.2) is 18.3 Å². The number of halogens is 1. The lowest BCUT2D eigenvalue weighted by Crippen LogP contribution is -2.15. The van der Waals surface area contributed by atoms with Crippen molar-refractivity contribution in [3.8, 4) is 0 Å². The van der Waals surface area contributed by atoms with Crippen molar-refractivity contribution in [2.24, 2.45) is 0 Å². The third-order valence-electron chi connectivity index (χ3n) is 2.29. The summed E-state index contributed by atoms with van der Waals surface area (Å²) in [5.41, 5.74) is 1.38. The Morgan fingerprint density at radius 2 is 2.41 bits per heavy atom. The molecule has 0 atom stereocenters. The maximum atomic E-state index is 11.5. The fraction of sp³-hybridized carbons (Fsp3) is 0.364. The van der Waals surface area contributed by atoms with E-state index in [0.717, 1.165) is 5.52 Å². The minimum atomic E-state index is -0.316. The molecule has 0 N–H and O–H groups in total. The molecule has 2 heterocycles. The molecule has 0 saturated heterocycles. The molecule has 2 aromatic rings. The minimum absolute atomic E-state index is 0.0867. The number of nitrogens with zero attached hydrogens (tertiary/aromatic N) is 3. The van der Waals surface area contributed by atoms with Gasteiger partial charge >= 0.3 is 5.97 Å². The van der Waals surface area contributed by atoms with Gasteiger partial charge in [0.15, 0.2) is 5.65 Å². The van der Waals surface area contributed by atoms with Gasteiger partial charge in [0.1, 0.15) is 17.9 Å². The van der Waals surface area contributed by atoms with Crippen LogP contribution in [0, 0.1) is 0 Å². The van der Waals surface area contributed by atoms with Gasteiger partial charge in [0.25, 0.3) is 0 Å². The summed E-state index contributed by atoms with van der Waals surface area (Å²) < 4.78 is 6.59. The number of alkyl halides is 1. The number of fused-ring (bicyclic) bond motifs is 1. The van der Waals surface area contributed by atoms with Crippen molar-refractivity contribution in [3.05, 3.63) is 24.2 Å². The van der Waals surface area contributed by atoms with Crippen LogP contribution in [0.1, 0.15) is 12.7 Å². The highest BCUT2D eigenvalue weighted by molar-refractivity contribution is 6.16. The lowest BCUT2D eigenvalue weighted by Gasteiger charge is -2.06. The Kier molecular flexibility index (Phi) is 3.58. The third kappa shape index (κ3) is 2.39. The van der Waals surface area contributed by atoms with Crippen molar-refractivity contribution in [2.45, 2.75) is 19.3 Å². The number of imidazole rings is 1. The van der Waals surface area contributed by atoms with E-state index in [1.165, 1.54) is 0 Å². The topological polar surface area (TPSA) is 57.0 Å². The molecule has 2 aromatic heterocycles. The van der Waals surface area contributed by atoms with Gasteiger partial charge in [-0.15, -0.1) is 11.6 Å². The Balaban J connectivity index is 2.39. The molecule has 2 rings (SSSR count). The molecule has 0 radical (unpaired) electrons. The fourth-order valence-corrected chi connectivity index (χ4v) is 1.81. The van der Waals surface area contributed by atoms with Gasteiger partial charge in [-0.2, -0.15) is 0 Å². The van der Waals surface area contributed by atoms with Crippen LogP contribution in [-0.4, -0.2) is 27.1 Å². The fourth-order valence-electron chi connectivity index (χ4n) is 1.61. The first-order valence-electron chi connectivity index (χ1n) is 5.28. The van der Waals surface area contributed by atoms with Gasteiger partial charge in [-0.05, 0) is 19.1 Å². The Hall–Kier alpha value is -1.62. The second-order valence-corrected chi connectivity index (χ2v) is 3.67. The molecule has 0 saturated carbocycles. The third-order valence-corrected chi connectivity index (χ3v) is 2.53. The quantitative estimate of drug-likeness (QED) is 0.615. The lowest BCUT2D eigenvalue weighted by atomic mass is 10.4. The van der Waals surface area contributed by atoms with Gasteiger partial charge in [0.2, 0.25) is 0 Å². The monoisotopic (exact) mass is 253 g/mol. The highest BCUT2D eigenvalue weighted by atomic mass is 35.5. The number of esters is 1. The number of pyridine rings is 1. The molecule has 0 aromatic carbocycles. The summed E-state index contributed by atoms with van der Waals surface area (Å²) in [4.78, 5) is 20.0. The van der Waals surface area contributed by atoms with Crippen LogP contribution in [0.2, 0.25) is 0 Å². The molecule has 6 heteroatoms. The average molecular weight is 254 g/mol. The lowest BCUT2D eigenvalue weighted by molar-refractivity contribution is -0.143. The van der Waals surface area contributed by atoms with Crippen molar-refractivity contribution >= 4 is 28.7 Å². The normalized spacial score (nSPS) is 10.7. The van der Waals surface area contributed by atoms with E-state index >= 15 is 0 Å². The van der Waals surface area contributed by atoms with E-state index in [4.69, 9.17) is 16.3 Å². The van der Waals surface area contributed by atoms with E-state index in [1.807, 2.05) is 6.07 Å².